The third-order valence-electron chi connectivity index (χ3n) is 1.74. The number of hydrogen-bond donors (Lipinski definition) is 3. The van der Waals surface area contributed by atoms with E-state index in [1.54, 1.807) is 6.07 Å². The summed E-state index contributed by atoms with van der Waals surface area (Å²) in [4.78, 5) is 21.3. The van der Waals surface area contributed by atoms with E-state index in [-0.39, 0.29) is 5.56 Å². The number of nitrogens with two attached hydrogens (primary N) is 1. The van der Waals surface area contributed by atoms with Gasteiger partial charge in [0.1, 0.15) is 0 Å². The van der Waals surface area contributed by atoms with Gasteiger partial charge in [-0.1, -0.05) is 12.1 Å². The summed E-state index contributed by atoms with van der Waals surface area (Å²) in [6.07, 6.45) is 0. The van der Waals surface area contributed by atoms with Crippen molar-refractivity contribution in [1.29, 1.82) is 0 Å². The van der Waals surface area contributed by atoms with Crippen LogP contribution in [0.2, 0.25) is 0 Å². The Morgan fingerprint density at radius 1 is 1.21 bits per heavy atom. The monoisotopic (exact) mass is 195 g/mol. The topological polar surface area (TPSA) is 101 Å². The van der Waals surface area contributed by atoms with Crippen molar-refractivity contribution in [2.75, 3.05) is 5.73 Å². The molecule has 0 bridgehead atoms. The first-order valence-electron chi connectivity index (χ1n) is 3.83. The van der Waals surface area contributed by atoms with Crippen LogP contribution in [0.4, 0.5) is 5.69 Å². The van der Waals surface area contributed by atoms with Gasteiger partial charge in [-0.15, -0.1) is 0 Å². The van der Waals surface area contributed by atoms with Gasteiger partial charge in [0.2, 0.25) is 0 Å². The summed E-state index contributed by atoms with van der Waals surface area (Å²) in [6.45, 7) is 0. The predicted octanol–water partition coefficient (Wildman–Crippen LogP) is 0.522. The van der Waals surface area contributed by atoms with E-state index in [4.69, 9.17) is 15.9 Å². The van der Waals surface area contributed by atoms with Gasteiger partial charge in [-0.05, 0) is 17.7 Å². The van der Waals surface area contributed by atoms with Crippen molar-refractivity contribution >= 4 is 17.6 Å². The van der Waals surface area contributed by atoms with Crippen molar-refractivity contribution in [3.05, 3.63) is 29.8 Å². The molecular weight excluding hydrogens is 186 g/mol. The molecule has 0 fully saturated rings. The molecule has 0 heterocycles. The molecule has 0 saturated carbocycles. The molecule has 0 aliphatic heterocycles. The largest absolute Gasteiger partial charge is 0.480 e. The number of aliphatic carboxylic acids is 2. The van der Waals surface area contributed by atoms with Crippen molar-refractivity contribution in [2.24, 2.45) is 0 Å². The molecule has 0 aromatic heterocycles. The van der Waals surface area contributed by atoms with Crippen LogP contribution in [-0.4, -0.2) is 22.2 Å². The normalized spacial score (nSPS) is 10.1. The van der Waals surface area contributed by atoms with Crippen LogP contribution in [0, 0.1) is 0 Å². The second-order valence-electron chi connectivity index (χ2n) is 2.78. The Balaban J connectivity index is 3.12. The third kappa shape index (κ3) is 2.01. The van der Waals surface area contributed by atoms with Crippen LogP contribution in [0.25, 0.3) is 0 Å². The number of hydrogen-bond acceptors (Lipinski definition) is 3. The van der Waals surface area contributed by atoms with Crippen LogP contribution in [-0.2, 0) is 9.59 Å². The van der Waals surface area contributed by atoms with E-state index in [1.807, 2.05) is 0 Å². The quantitative estimate of drug-likeness (QED) is 0.482. The van der Waals surface area contributed by atoms with Crippen LogP contribution in [0.5, 0.6) is 0 Å². The van der Waals surface area contributed by atoms with Crippen molar-refractivity contribution in [2.45, 2.75) is 5.92 Å². The van der Waals surface area contributed by atoms with Gasteiger partial charge in [-0.25, -0.2) is 0 Å². The van der Waals surface area contributed by atoms with Crippen molar-refractivity contribution in [3.8, 4) is 0 Å². The Morgan fingerprint density at radius 3 is 2.21 bits per heavy atom. The number of carboxylic acids is 2. The van der Waals surface area contributed by atoms with E-state index in [9.17, 15) is 9.59 Å². The van der Waals surface area contributed by atoms with Gasteiger partial charge >= 0.3 is 11.9 Å². The smallest absolute Gasteiger partial charge is 0.322 e. The lowest BCUT2D eigenvalue weighted by atomic mass is 9.99. The standard InChI is InChI=1S/C9H9NO4/c10-6-3-1-2-5(4-6)7(8(11)12)9(13)14/h1-4,7H,10H2,(H,11,12)(H,13,14). The molecule has 74 valence electrons. The first-order valence-corrected chi connectivity index (χ1v) is 3.83. The third-order valence-corrected chi connectivity index (χ3v) is 1.74. The molecule has 5 nitrogen and oxygen atoms in total. The van der Waals surface area contributed by atoms with Gasteiger partial charge in [0.05, 0.1) is 0 Å². The minimum absolute atomic E-state index is 0.171. The molecule has 1 aromatic rings. The summed E-state index contributed by atoms with van der Waals surface area (Å²) in [5.74, 6) is -4.36. The van der Waals surface area contributed by atoms with E-state index in [2.05, 4.69) is 0 Å². The van der Waals surface area contributed by atoms with Crippen molar-refractivity contribution in [3.63, 3.8) is 0 Å². The molecule has 0 spiro atoms. The molecule has 1 aromatic carbocycles. The molecule has 0 amide bonds. The lowest BCUT2D eigenvalue weighted by molar-refractivity contribution is -0.150. The first kappa shape index (κ1) is 10.0. The van der Waals surface area contributed by atoms with E-state index in [0.29, 0.717) is 5.69 Å². The van der Waals surface area contributed by atoms with Crippen LogP contribution in [0.1, 0.15) is 11.5 Å². The fourth-order valence-corrected chi connectivity index (χ4v) is 1.13. The second kappa shape index (κ2) is 3.78. The Bertz CT molecular complexity index is 361. The number of rotatable bonds is 3. The highest BCUT2D eigenvalue weighted by Gasteiger charge is 2.27. The van der Waals surface area contributed by atoms with Gasteiger partial charge in [0.15, 0.2) is 5.92 Å². The molecule has 0 aliphatic rings. The predicted molar refractivity (Wildman–Crippen MR) is 48.9 cm³/mol. The highest BCUT2D eigenvalue weighted by atomic mass is 16.4. The molecule has 0 atom stereocenters. The molecule has 0 aliphatic carbocycles. The van der Waals surface area contributed by atoms with Crippen LogP contribution in [0.15, 0.2) is 24.3 Å². The number of anilines is 1. The Hall–Kier alpha value is -2.04. The molecular formula is C9H9NO4. The summed E-state index contributed by atoms with van der Waals surface area (Å²) < 4.78 is 0. The van der Waals surface area contributed by atoms with Gasteiger partial charge < -0.3 is 15.9 Å². The summed E-state index contributed by atoms with van der Waals surface area (Å²) in [6, 6.07) is 5.84. The summed E-state index contributed by atoms with van der Waals surface area (Å²) in [7, 11) is 0. The zero-order valence-corrected chi connectivity index (χ0v) is 7.18. The Labute approximate surface area is 79.8 Å². The Morgan fingerprint density at radius 2 is 1.79 bits per heavy atom. The lowest BCUT2D eigenvalue weighted by Gasteiger charge is -2.07. The summed E-state index contributed by atoms with van der Waals surface area (Å²) in [5.41, 5.74) is 5.92. The van der Waals surface area contributed by atoms with Crippen LogP contribution >= 0.6 is 0 Å². The van der Waals surface area contributed by atoms with Gasteiger partial charge in [0, 0.05) is 5.69 Å². The number of carboxylic acid groups (broad SMARTS) is 2. The minimum Gasteiger partial charge on any atom is -0.480 e. The maximum Gasteiger partial charge on any atom is 0.322 e. The van der Waals surface area contributed by atoms with E-state index >= 15 is 0 Å². The van der Waals surface area contributed by atoms with Crippen molar-refractivity contribution < 1.29 is 19.8 Å². The zero-order valence-electron chi connectivity index (χ0n) is 7.18. The number of nitrogen functional groups attached to an aromatic ring is 1. The molecule has 14 heavy (non-hydrogen) atoms. The van der Waals surface area contributed by atoms with Gasteiger partial charge in [-0.2, -0.15) is 0 Å². The minimum atomic E-state index is -1.56. The maximum atomic E-state index is 10.6. The van der Waals surface area contributed by atoms with Crippen LogP contribution in [0.3, 0.4) is 0 Å². The highest BCUT2D eigenvalue weighted by Crippen LogP contribution is 2.18. The van der Waals surface area contributed by atoms with Gasteiger partial charge in [-0.3, -0.25) is 9.59 Å². The molecule has 1 rings (SSSR count). The molecule has 5 heteroatoms. The average molecular weight is 195 g/mol. The average Bonchev–Trinajstić information content (AvgIpc) is 2.02. The SMILES string of the molecule is Nc1cccc(C(C(=O)O)C(=O)O)c1. The fourth-order valence-electron chi connectivity index (χ4n) is 1.13. The highest BCUT2D eigenvalue weighted by molar-refractivity contribution is 5.99. The maximum absolute atomic E-state index is 10.6. The van der Waals surface area contributed by atoms with Crippen molar-refractivity contribution in [1.82, 2.24) is 0 Å². The van der Waals surface area contributed by atoms with E-state index in [0.717, 1.165) is 0 Å². The Kier molecular flexibility index (Phi) is 2.71. The molecule has 0 saturated heterocycles. The molecule has 0 radical (unpaired) electrons. The summed E-state index contributed by atoms with van der Waals surface area (Å²) >= 11 is 0. The number of benzene rings is 1. The lowest BCUT2D eigenvalue weighted by Crippen LogP contribution is -2.21. The van der Waals surface area contributed by atoms with Gasteiger partial charge in [0.25, 0.3) is 0 Å². The number of carbonyl (C=O) groups is 2. The van der Waals surface area contributed by atoms with E-state index < -0.39 is 17.9 Å². The zero-order chi connectivity index (χ0) is 10.7. The fraction of sp³-hybridized carbons (Fsp3) is 0.111. The van der Waals surface area contributed by atoms with E-state index in [1.165, 1.54) is 18.2 Å². The molecule has 4 N–H and O–H groups in total. The van der Waals surface area contributed by atoms with Crippen LogP contribution < -0.4 is 5.73 Å². The summed E-state index contributed by atoms with van der Waals surface area (Å²) in [5, 5.41) is 17.3. The second-order valence-corrected chi connectivity index (χ2v) is 2.78. The first-order chi connectivity index (χ1) is 6.52. The molecule has 0 unspecified atom stereocenters.